The summed E-state index contributed by atoms with van der Waals surface area (Å²) in [6.07, 6.45) is 0. The van der Waals surface area contributed by atoms with Crippen LogP contribution in [0, 0.1) is 0 Å². The molecule has 1 aromatic heterocycles. The van der Waals surface area contributed by atoms with E-state index in [1.807, 2.05) is 0 Å². The third kappa shape index (κ3) is 4.82. The van der Waals surface area contributed by atoms with Crippen LogP contribution >= 0.6 is 0 Å². The summed E-state index contributed by atoms with van der Waals surface area (Å²) in [6.45, 7) is 9.47. The Hall–Kier alpha value is -6.64. The van der Waals surface area contributed by atoms with Gasteiger partial charge in [0.15, 0.2) is 5.82 Å². The molecule has 2 aliphatic carbocycles. The van der Waals surface area contributed by atoms with E-state index in [2.05, 4.69) is 198 Å². The van der Waals surface area contributed by atoms with E-state index in [-0.39, 0.29) is 10.8 Å². The number of hydrogen-bond donors (Lipinski definition) is 0. The van der Waals surface area contributed by atoms with Gasteiger partial charge in [-0.3, -0.25) is 0 Å². The molecule has 266 valence electrons. The van der Waals surface area contributed by atoms with Crippen molar-refractivity contribution in [3.63, 3.8) is 0 Å². The minimum atomic E-state index is -0.194. The van der Waals surface area contributed by atoms with Crippen LogP contribution in [0.2, 0.25) is 0 Å². The molecule has 0 saturated heterocycles. The van der Waals surface area contributed by atoms with Crippen molar-refractivity contribution in [1.29, 1.82) is 0 Å². The number of aromatic nitrogens is 2. The molecule has 0 unspecified atom stereocenters. The quantitative estimate of drug-likeness (QED) is 0.181. The molecule has 2 nitrogen and oxygen atoms in total. The van der Waals surface area contributed by atoms with Crippen LogP contribution < -0.4 is 0 Å². The van der Waals surface area contributed by atoms with Crippen LogP contribution in [0.5, 0.6) is 0 Å². The highest BCUT2D eigenvalue weighted by Crippen LogP contribution is 2.56. The highest BCUT2D eigenvalue weighted by molar-refractivity contribution is 5.99. The molecular weight excluding hydrogens is 677 g/mol. The molecule has 0 saturated carbocycles. The van der Waals surface area contributed by atoms with Gasteiger partial charge in [0.05, 0.1) is 11.4 Å². The van der Waals surface area contributed by atoms with Crippen molar-refractivity contribution in [1.82, 2.24) is 9.97 Å². The Morgan fingerprint density at radius 1 is 0.321 bits per heavy atom. The summed E-state index contributed by atoms with van der Waals surface area (Å²) in [4.78, 5) is 10.8. The maximum atomic E-state index is 5.38. The molecule has 11 rings (SSSR count). The van der Waals surface area contributed by atoms with Crippen molar-refractivity contribution in [2.24, 2.45) is 0 Å². The molecule has 1 heterocycles. The Morgan fingerprint density at radius 2 is 0.839 bits per heavy atom. The lowest BCUT2D eigenvalue weighted by molar-refractivity contribution is 0.652. The van der Waals surface area contributed by atoms with E-state index < -0.39 is 0 Å². The zero-order valence-electron chi connectivity index (χ0n) is 32.1. The van der Waals surface area contributed by atoms with Gasteiger partial charge >= 0.3 is 0 Å². The summed E-state index contributed by atoms with van der Waals surface area (Å²) in [6, 6.07) is 62.0. The fourth-order valence-electron chi connectivity index (χ4n) is 9.70. The monoisotopic (exact) mass is 716 g/mol. The second-order valence-corrected chi connectivity index (χ2v) is 16.6. The molecule has 0 fully saturated rings. The van der Waals surface area contributed by atoms with Crippen LogP contribution in [0.25, 0.3) is 88.8 Å². The van der Waals surface area contributed by atoms with Crippen molar-refractivity contribution in [3.05, 3.63) is 192 Å². The fraction of sp³-hybridized carbons (Fsp3) is 0.111. The van der Waals surface area contributed by atoms with Crippen LogP contribution in [0.1, 0.15) is 49.9 Å². The third-order valence-corrected chi connectivity index (χ3v) is 12.7. The number of benzene rings is 8. The minimum absolute atomic E-state index is 0.0506. The van der Waals surface area contributed by atoms with Gasteiger partial charge < -0.3 is 0 Å². The highest BCUT2D eigenvalue weighted by Gasteiger charge is 2.41. The van der Waals surface area contributed by atoms with Gasteiger partial charge in [0.1, 0.15) is 0 Å². The lowest BCUT2D eigenvalue weighted by atomic mass is 9.79. The lowest BCUT2D eigenvalue weighted by Gasteiger charge is -2.24. The predicted molar refractivity (Wildman–Crippen MR) is 234 cm³/mol. The number of rotatable bonds is 4. The van der Waals surface area contributed by atoms with Crippen molar-refractivity contribution in [2.45, 2.75) is 38.5 Å². The Bertz CT molecular complexity index is 3080. The normalized spacial score (nSPS) is 14.4. The number of nitrogens with zero attached hydrogens (tertiary/aromatic N) is 2. The Labute approximate surface area is 328 Å². The molecule has 0 amide bonds. The molecule has 0 atom stereocenters. The highest BCUT2D eigenvalue weighted by atomic mass is 14.9. The molecule has 0 spiro atoms. The molecule has 0 N–H and O–H groups in total. The van der Waals surface area contributed by atoms with Crippen LogP contribution in [0.3, 0.4) is 0 Å². The zero-order valence-corrected chi connectivity index (χ0v) is 32.1. The second kappa shape index (κ2) is 11.9. The van der Waals surface area contributed by atoms with Gasteiger partial charge in [-0.25, -0.2) is 9.97 Å². The van der Waals surface area contributed by atoms with E-state index in [0.717, 1.165) is 33.9 Å². The first-order valence-electron chi connectivity index (χ1n) is 19.7. The van der Waals surface area contributed by atoms with Crippen molar-refractivity contribution >= 4 is 21.5 Å². The van der Waals surface area contributed by atoms with Gasteiger partial charge in [-0.2, -0.15) is 0 Å². The summed E-state index contributed by atoms with van der Waals surface area (Å²) in [5.41, 5.74) is 18.0. The second-order valence-electron chi connectivity index (χ2n) is 16.6. The van der Waals surface area contributed by atoms with Crippen LogP contribution in [-0.4, -0.2) is 9.97 Å². The van der Waals surface area contributed by atoms with E-state index in [9.17, 15) is 0 Å². The van der Waals surface area contributed by atoms with E-state index in [1.54, 1.807) is 0 Å². The van der Waals surface area contributed by atoms with Gasteiger partial charge in [0.2, 0.25) is 0 Å². The average molecular weight is 717 g/mol. The van der Waals surface area contributed by atoms with E-state index in [4.69, 9.17) is 9.97 Å². The van der Waals surface area contributed by atoms with Gasteiger partial charge in [0.25, 0.3) is 0 Å². The molecule has 2 heteroatoms. The third-order valence-electron chi connectivity index (χ3n) is 12.7. The summed E-state index contributed by atoms with van der Waals surface area (Å²) >= 11 is 0. The fourth-order valence-corrected chi connectivity index (χ4v) is 9.70. The Morgan fingerprint density at radius 3 is 1.59 bits per heavy atom. The molecule has 56 heavy (non-hydrogen) atoms. The van der Waals surface area contributed by atoms with Crippen LogP contribution in [0.15, 0.2) is 170 Å². The predicted octanol–water partition coefficient (Wildman–Crippen LogP) is 14.1. The molecule has 0 bridgehead atoms. The van der Waals surface area contributed by atoms with Gasteiger partial charge in [-0.15, -0.1) is 0 Å². The first-order chi connectivity index (χ1) is 27.3. The van der Waals surface area contributed by atoms with Gasteiger partial charge in [0, 0.05) is 27.5 Å². The molecule has 0 radical (unpaired) electrons. The first-order valence-corrected chi connectivity index (χ1v) is 19.7. The van der Waals surface area contributed by atoms with Crippen LogP contribution in [-0.2, 0) is 10.8 Å². The van der Waals surface area contributed by atoms with Gasteiger partial charge in [-0.1, -0.05) is 167 Å². The summed E-state index contributed by atoms with van der Waals surface area (Å²) < 4.78 is 0. The molecule has 9 aromatic rings. The summed E-state index contributed by atoms with van der Waals surface area (Å²) in [5, 5.41) is 4.85. The maximum Gasteiger partial charge on any atom is 0.160 e. The van der Waals surface area contributed by atoms with E-state index >= 15 is 0 Å². The summed E-state index contributed by atoms with van der Waals surface area (Å²) in [5.74, 6) is 0.730. The van der Waals surface area contributed by atoms with Crippen LogP contribution in [0.4, 0.5) is 0 Å². The average Bonchev–Trinajstić information content (AvgIpc) is 3.61. The lowest BCUT2D eigenvalue weighted by Crippen LogP contribution is -2.17. The van der Waals surface area contributed by atoms with E-state index in [1.165, 1.54) is 77.2 Å². The molecule has 2 aliphatic rings. The molecular formula is C54H40N2. The van der Waals surface area contributed by atoms with Gasteiger partial charge in [-0.05, 0) is 108 Å². The van der Waals surface area contributed by atoms with Crippen molar-refractivity contribution in [3.8, 4) is 67.3 Å². The molecule has 8 aromatic carbocycles. The van der Waals surface area contributed by atoms with E-state index in [0.29, 0.717) is 0 Å². The standard InChI is InChI=1S/C54H40N2/c1-53(2)46-25-10-9-22-41(46)44-30-49-45(31-48(44)53)42-27-26-37(29-47(42)54(49,3)4)52-55-50(32-51(56-52)43-24-13-17-34-15-6-8-21-39(34)43)36-19-11-18-35(28-36)40-23-12-16-33-14-5-7-20-38(33)40/h5-32H,1-4H3. The minimum Gasteiger partial charge on any atom is -0.228 e. The largest absolute Gasteiger partial charge is 0.228 e. The molecule has 0 aliphatic heterocycles. The SMILES string of the molecule is CC1(C)c2ccccc2-c2cc3c(cc21)-c1ccc(-c2nc(-c4cccc(-c5cccc6ccccc56)c4)cc(-c4cccc5ccccc45)n2)cc1C3(C)C. The number of fused-ring (bicyclic) bond motifs is 8. The maximum absolute atomic E-state index is 5.38. The Balaban J connectivity index is 1.08. The zero-order chi connectivity index (χ0) is 37.8. The Kier molecular flexibility index (Phi) is 6.98. The summed E-state index contributed by atoms with van der Waals surface area (Å²) in [7, 11) is 0. The van der Waals surface area contributed by atoms with Crippen molar-refractivity contribution < 1.29 is 0 Å². The topological polar surface area (TPSA) is 25.8 Å². The smallest absolute Gasteiger partial charge is 0.160 e. The first kappa shape index (κ1) is 32.8. The van der Waals surface area contributed by atoms with Crippen molar-refractivity contribution in [2.75, 3.05) is 0 Å². The number of hydrogen-bond acceptors (Lipinski definition) is 2.